The largest absolute Gasteiger partial charge is 0.350 e. The van der Waals surface area contributed by atoms with Gasteiger partial charge in [-0.2, -0.15) is 4.31 Å². The van der Waals surface area contributed by atoms with Gasteiger partial charge in [-0.15, -0.1) is 0 Å². The highest BCUT2D eigenvalue weighted by atomic mass is 35.5. The Kier molecular flexibility index (Phi) is 7.82. The molecule has 0 aromatic heterocycles. The van der Waals surface area contributed by atoms with Crippen molar-refractivity contribution < 1.29 is 13.2 Å². The van der Waals surface area contributed by atoms with Gasteiger partial charge in [0, 0.05) is 38.3 Å². The Balaban J connectivity index is 1.67. The summed E-state index contributed by atoms with van der Waals surface area (Å²) in [5.74, 6) is 0.0695. The molecular weight excluding hydrogens is 422 g/mol. The third kappa shape index (κ3) is 5.36. The van der Waals surface area contributed by atoms with Crippen LogP contribution in [-0.2, 0) is 10.0 Å². The molecule has 8 heteroatoms. The van der Waals surface area contributed by atoms with Crippen molar-refractivity contribution in [2.45, 2.75) is 57.9 Å². The van der Waals surface area contributed by atoms with Crippen LogP contribution in [0.15, 0.2) is 18.2 Å². The molecule has 1 aliphatic heterocycles. The van der Waals surface area contributed by atoms with Gasteiger partial charge in [-0.3, -0.25) is 9.69 Å². The summed E-state index contributed by atoms with van der Waals surface area (Å²) < 4.78 is 26.5. The summed E-state index contributed by atoms with van der Waals surface area (Å²) in [5, 5.41) is 3.60. The molecule has 1 aromatic rings. The van der Waals surface area contributed by atoms with E-state index in [9.17, 15) is 13.2 Å². The number of piperazine rings is 1. The molecule has 1 saturated carbocycles. The maximum atomic E-state index is 12.8. The van der Waals surface area contributed by atoms with Crippen molar-refractivity contribution in [1.82, 2.24) is 14.5 Å². The van der Waals surface area contributed by atoms with Gasteiger partial charge in [-0.25, -0.2) is 8.42 Å². The maximum absolute atomic E-state index is 12.8. The van der Waals surface area contributed by atoms with Crippen molar-refractivity contribution in [3.05, 3.63) is 34.3 Å². The Morgan fingerprint density at radius 1 is 1.13 bits per heavy atom. The van der Waals surface area contributed by atoms with E-state index in [1.807, 2.05) is 26.0 Å². The summed E-state index contributed by atoms with van der Waals surface area (Å²) in [7, 11) is -3.16. The molecule has 0 atom stereocenters. The van der Waals surface area contributed by atoms with Crippen molar-refractivity contribution in [3.63, 3.8) is 0 Å². The third-order valence-electron chi connectivity index (χ3n) is 6.50. The Morgan fingerprint density at radius 2 is 1.80 bits per heavy atom. The molecule has 1 aliphatic carbocycles. The van der Waals surface area contributed by atoms with Gasteiger partial charge in [0.15, 0.2) is 0 Å². The molecule has 1 amide bonds. The van der Waals surface area contributed by atoms with E-state index in [4.69, 9.17) is 11.6 Å². The van der Waals surface area contributed by atoms with Crippen molar-refractivity contribution >= 4 is 27.5 Å². The molecule has 0 unspecified atom stereocenters. The Labute approximate surface area is 186 Å². The maximum Gasteiger partial charge on any atom is 0.252 e. The average Bonchev–Trinajstić information content (AvgIpc) is 2.73. The number of sulfonamides is 1. The number of benzene rings is 1. The van der Waals surface area contributed by atoms with Crippen LogP contribution in [0.1, 0.15) is 61.4 Å². The van der Waals surface area contributed by atoms with Crippen LogP contribution in [0.3, 0.4) is 0 Å². The van der Waals surface area contributed by atoms with E-state index in [1.54, 1.807) is 10.4 Å². The first kappa shape index (κ1) is 23.5. The van der Waals surface area contributed by atoms with Gasteiger partial charge >= 0.3 is 0 Å². The minimum atomic E-state index is -3.16. The van der Waals surface area contributed by atoms with Gasteiger partial charge in [0.25, 0.3) is 5.91 Å². The van der Waals surface area contributed by atoms with Gasteiger partial charge in [0.05, 0.1) is 16.3 Å². The Bertz CT molecular complexity index is 845. The molecule has 168 valence electrons. The number of nitrogens with one attached hydrogen (secondary N) is 1. The van der Waals surface area contributed by atoms with Crippen LogP contribution in [0, 0.1) is 6.92 Å². The summed E-state index contributed by atoms with van der Waals surface area (Å²) in [5.41, 5.74) is 1.42. The molecule has 0 radical (unpaired) electrons. The smallest absolute Gasteiger partial charge is 0.252 e. The zero-order valence-corrected chi connectivity index (χ0v) is 19.7. The highest BCUT2D eigenvalue weighted by Crippen LogP contribution is 2.34. The molecule has 1 aromatic carbocycles. The summed E-state index contributed by atoms with van der Waals surface area (Å²) in [6.07, 6.45) is 6.17. The van der Waals surface area contributed by atoms with Crippen molar-refractivity contribution in [2.24, 2.45) is 0 Å². The average molecular weight is 456 g/mol. The van der Waals surface area contributed by atoms with Crippen molar-refractivity contribution in [1.29, 1.82) is 0 Å². The monoisotopic (exact) mass is 455 g/mol. The number of carbonyl (C=O) groups is 1. The first-order valence-corrected chi connectivity index (χ1v) is 13.0. The molecule has 2 aliphatic rings. The zero-order valence-electron chi connectivity index (χ0n) is 18.1. The normalized spacial score (nSPS) is 20.8. The predicted molar refractivity (Wildman–Crippen MR) is 122 cm³/mol. The summed E-state index contributed by atoms with van der Waals surface area (Å²) >= 11 is 6.28. The minimum Gasteiger partial charge on any atom is -0.350 e. The van der Waals surface area contributed by atoms with Gasteiger partial charge in [-0.05, 0) is 43.9 Å². The second-order valence-electron chi connectivity index (χ2n) is 8.65. The SMILES string of the molecule is CCCS(=O)(=O)N1CCN(C2(CNC(=O)c3ccc(C)cc3Cl)CCCCC2)CC1. The summed E-state index contributed by atoms with van der Waals surface area (Å²) in [6.45, 7) is 6.90. The number of hydrogen-bond donors (Lipinski definition) is 1. The minimum absolute atomic E-state index is 0.105. The summed E-state index contributed by atoms with van der Waals surface area (Å²) in [4.78, 5) is 15.2. The molecule has 1 saturated heterocycles. The topological polar surface area (TPSA) is 69.7 Å². The van der Waals surface area contributed by atoms with Crippen LogP contribution in [0.4, 0.5) is 0 Å². The molecular formula is C22H34ClN3O3S. The lowest BCUT2D eigenvalue weighted by molar-refractivity contribution is 0.0240. The lowest BCUT2D eigenvalue weighted by Gasteiger charge is -2.49. The van der Waals surface area contributed by atoms with E-state index < -0.39 is 10.0 Å². The fourth-order valence-corrected chi connectivity index (χ4v) is 6.60. The van der Waals surface area contributed by atoms with Gasteiger partial charge in [0.2, 0.25) is 10.0 Å². The predicted octanol–water partition coefficient (Wildman–Crippen LogP) is 3.44. The van der Waals surface area contributed by atoms with E-state index in [-0.39, 0.29) is 17.2 Å². The fourth-order valence-electron chi connectivity index (χ4n) is 4.79. The van der Waals surface area contributed by atoms with Gasteiger partial charge < -0.3 is 5.32 Å². The Hall–Kier alpha value is -1.15. The second kappa shape index (κ2) is 9.98. The quantitative estimate of drug-likeness (QED) is 0.683. The molecule has 1 heterocycles. The van der Waals surface area contributed by atoms with E-state index >= 15 is 0 Å². The van der Waals surface area contributed by atoms with Crippen LogP contribution in [0.25, 0.3) is 0 Å². The highest BCUT2D eigenvalue weighted by Gasteiger charge is 2.40. The number of nitrogens with zero attached hydrogens (tertiary/aromatic N) is 2. The summed E-state index contributed by atoms with van der Waals surface area (Å²) in [6, 6.07) is 5.48. The zero-order chi connectivity index (χ0) is 21.8. The molecule has 30 heavy (non-hydrogen) atoms. The van der Waals surface area contributed by atoms with Crippen LogP contribution < -0.4 is 5.32 Å². The number of aryl methyl sites for hydroxylation is 1. The molecule has 0 spiro atoms. The molecule has 6 nitrogen and oxygen atoms in total. The lowest BCUT2D eigenvalue weighted by Crippen LogP contribution is -2.62. The van der Waals surface area contributed by atoms with Crippen LogP contribution in [0.5, 0.6) is 0 Å². The van der Waals surface area contributed by atoms with Crippen molar-refractivity contribution in [2.75, 3.05) is 38.5 Å². The number of rotatable bonds is 7. The third-order valence-corrected chi connectivity index (χ3v) is 8.89. The standard InChI is InChI=1S/C22H34ClN3O3S/c1-3-15-30(28,29)26-13-11-25(12-14-26)22(9-5-4-6-10-22)17-24-21(27)19-8-7-18(2)16-20(19)23/h7-8,16H,3-6,9-15,17H2,1-2H3,(H,24,27). The Morgan fingerprint density at radius 3 is 2.40 bits per heavy atom. The fraction of sp³-hybridized carbons (Fsp3) is 0.682. The van der Waals surface area contributed by atoms with Gasteiger partial charge in [0.1, 0.15) is 0 Å². The van der Waals surface area contributed by atoms with E-state index in [0.29, 0.717) is 49.7 Å². The molecule has 1 N–H and O–H groups in total. The molecule has 2 fully saturated rings. The lowest BCUT2D eigenvalue weighted by atomic mass is 9.79. The van der Waals surface area contributed by atoms with Crippen LogP contribution >= 0.6 is 11.6 Å². The van der Waals surface area contributed by atoms with Crippen molar-refractivity contribution in [3.8, 4) is 0 Å². The first-order valence-electron chi connectivity index (χ1n) is 11.0. The van der Waals surface area contributed by atoms with Crippen LogP contribution in [-0.4, -0.2) is 67.5 Å². The van der Waals surface area contributed by atoms with E-state index in [2.05, 4.69) is 10.2 Å². The van der Waals surface area contributed by atoms with E-state index in [1.165, 1.54) is 6.42 Å². The van der Waals surface area contributed by atoms with Gasteiger partial charge in [-0.1, -0.05) is 43.9 Å². The van der Waals surface area contributed by atoms with Crippen LogP contribution in [0.2, 0.25) is 5.02 Å². The number of hydrogen-bond acceptors (Lipinski definition) is 4. The molecule has 3 rings (SSSR count). The van der Waals surface area contributed by atoms with E-state index in [0.717, 1.165) is 31.2 Å². The number of halogens is 1. The highest BCUT2D eigenvalue weighted by molar-refractivity contribution is 7.89. The second-order valence-corrected chi connectivity index (χ2v) is 11.1. The first-order chi connectivity index (χ1) is 14.3. The number of amides is 1. The molecule has 0 bridgehead atoms. The number of carbonyl (C=O) groups excluding carboxylic acids is 1.